The normalized spacial score (nSPS) is 16.8. The lowest BCUT2D eigenvalue weighted by atomic mass is 9.80. The van der Waals surface area contributed by atoms with Gasteiger partial charge in [0.15, 0.2) is 5.71 Å². The Morgan fingerprint density at radius 3 is 1.89 bits per heavy atom. The summed E-state index contributed by atoms with van der Waals surface area (Å²) >= 11 is 0. The molecule has 5 amide bonds. The lowest BCUT2D eigenvalue weighted by molar-refractivity contribution is -0.437. The van der Waals surface area contributed by atoms with Crippen LogP contribution < -0.4 is 36.2 Å². The van der Waals surface area contributed by atoms with Gasteiger partial charge >= 0.3 is 29.9 Å². The maximum Gasteiger partial charge on any atom is 0.326 e. The molecule has 3 aromatic carbocycles. The molecule has 498 valence electrons. The number of hydrogen-bond donors (Lipinski definition) is 9. The van der Waals surface area contributed by atoms with Crippen molar-refractivity contribution >= 4 is 74.8 Å². The van der Waals surface area contributed by atoms with E-state index < -0.39 is 88.1 Å². The third-order valence-corrected chi connectivity index (χ3v) is 17.6. The predicted molar refractivity (Wildman–Crippen MR) is 346 cm³/mol. The maximum atomic E-state index is 13.8. The minimum absolute atomic E-state index is 0.0129. The number of nitrogens with zero attached hydrogens (tertiary/aromatic N) is 2. The number of benzene rings is 3. The van der Waals surface area contributed by atoms with Crippen molar-refractivity contribution in [2.45, 2.75) is 179 Å². The highest BCUT2D eigenvalue weighted by Gasteiger charge is 2.45. The van der Waals surface area contributed by atoms with E-state index in [1.807, 2.05) is 67.0 Å². The summed E-state index contributed by atoms with van der Waals surface area (Å²) in [5, 5.41) is 50.0. The fourth-order valence-electron chi connectivity index (χ4n) is 11.9. The van der Waals surface area contributed by atoms with Crippen LogP contribution in [0.2, 0.25) is 0 Å². The minimum atomic E-state index is -4.50. The first-order valence-electron chi connectivity index (χ1n) is 31.7. The van der Waals surface area contributed by atoms with Crippen molar-refractivity contribution in [2.24, 2.45) is 0 Å². The molecule has 1 unspecified atom stereocenters. The summed E-state index contributed by atoms with van der Waals surface area (Å²) in [6.07, 6.45) is 14.3. The monoisotopic (exact) mass is 1290 g/mol. The van der Waals surface area contributed by atoms with E-state index in [1.54, 1.807) is 6.07 Å². The summed E-state index contributed by atoms with van der Waals surface area (Å²) in [5.74, 6) is -5.33. The minimum Gasteiger partial charge on any atom is -0.748 e. The van der Waals surface area contributed by atoms with E-state index in [0.717, 1.165) is 59.7 Å². The van der Waals surface area contributed by atoms with Gasteiger partial charge in [-0.3, -0.25) is 19.2 Å². The van der Waals surface area contributed by atoms with Crippen LogP contribution in [0.4, 0.5) is 16.2 Å². The zero-order valence-corrected chi connectivity index (χ0v) is 54.0. The van der Waals surface area contributed by atoms with Crippen molar-refractivity contribution in [1.29, 1.82) is 0 Å². The van der Waals surface area contributed by atoms with E-state index in [2.05, 4.69) is 94.7 Å². The van der Waals surface area contributed by atoms with Crippen molar-refractivity contribution in [2.75, 3.05) is 36.8 Å². The number of carboxylic acid groups (broad SMARTS) is 4. The van der Waals surface area contributed by atoms with Gasteiger partial charge in [0.2, 0.25) is 17.5 Å². The SMILES string of the molecule is CCN1/C(=C/C=C2\CCCC(/C=C/C3=[N+](CCCS(=O)(=O)[O-])c4ccc(C(=O)NCCCCC(NC(=O)CCCCCCC(=O)NCCCC[C@@H](NC(=O)N[C@H](CCC(=O)O)C(=O)O)C(=O)O)C(=O)O)cc4C3(C)C)=C2Oc2ccccc2)C(C)(C)c2ccccc21. The van der Waals surface area contributed by atoms with Crippen LogP contribution in [0.3, 0.4) is 0 Å². The van der Waals surface area contributed by atoms with E-state index in [4.69, 9.17) is 9.84 Å². The molecular formula is C68H89N7O16S. The Morgan fingerprint density at radius 2 is 1.26 bits per heavy atom. The van der Waals surface area contributed by atoms with E-state index in [0.29, 0.717) is 62.7 Å². The summed E-state index contributed by atoms with van der Waals surface area (Å²) in [6.45, 7) is 12.3. The fraction of sp³-hybridized carbons (Fsp3) is 0.485. The van der Waals surface area contributed by atoms with Gasteiger partial charge in [-0.15, -0.1) is 0 Å². The number of carboxylic acids is 4. The average molecular weight is 1290 g/mol. The molecule has 2 aliphatic heterocycles. The number of amides is 5. The molecular weight excluding hydrogens is 1200 g/mol. The van der Waals surface area contributed by atoms with Gasteiger partial charge in [0, 0.05) is 91.1 Å². The molecule has 0 saturated carbocycles. The number of carbonyl (C=O) groups excluding carboxylic acids is 4. The molecule has 0 spiro atoms. The summed E-state index contributed by atoms with van der Waals surface area (Å²) < 4.78 is 44.4. The number of ether oxygens (including phenoxy) is 1. The Bertz CT molecular complexity index is 3440. The number of hydrogen-bond acceptors (Lipinski definition) is 13. The molecule has 24 heteroatoms. The summed E-state index contributed by atoms with van der Waals surface area (Å²) in [5.41, 5.74) is 7.64. The second-order valence-electron chi connectivity index (χ2n) is 24.4. The van der Waals surface area contributed by atoms with E-state index in [1.165, 1.54) is 16.9 Å². The third kappa shape index (κ3) is 21.0. The molecule has 0 radical (unpaired) electrons. The van der Waals surface area contributed by atoms with Crippen LogP contribution in [0.25, 0.3) is 0 Å². The van der Waals surface area contributed by atoms with Crippen LogP contribution >= 0.6 is 0 Å². The van der Waals surface area contributed by atoms with Gasteiger partial charge in [0.1, 0.15) is 36.2 Å². The molecule has 3 atom stereocenters. The van der Waals surface area contributed by atoms with Crippen molar-refractivity contribution < 1.29 is 81.1 Å². The van der Waals surface area contributed by atoms with Gasteiger partial charge in [-0.2, -0.15) is 4.58 Å². The van der Waals surface area contributed by atoms with Gasteiger partial charge in [0.05, 0.1) is 15.5 Å². The van der Waals surface area contributed by atoms with E-state index >= 15 is 0 Å². The Kier molecular flexibility index (Phi) is 26.9. The number of para-hydroxylation sites is 2. The van der Waals surface area contributed by atoms with Crippen LogP contribution in [-0.4, -0.2) is 141 Å². The number of anilines is 1. The van der Waals surface area contributed by atoms with Crippen LogP contribution in [0.5, 0.6) is 5.75 Å². The van der Waals surface area contributed by atoms with Gasteiger partial charge in [0.25, 0.3) is 5.91 Å². The van der Waals surface area contributed by atoms with Crippen molar-refractivity contribution in [3.8, 4) is 5.75 Å². The summed E-state index contributed by atoms with van der Waals surface area (Å²) in [4.78, 5) is 99.4. The number of nitrogens with one attached hydrogen (secondary N) is 5. The molecule has 3 aromatic rings. The number of carbonyl (C=O) groups is 8. The number of rotatable bonds is 37. The largest absolute Gasteiger partial charge is 0.748 e. The first kappa shape index (κ1) is 72.4. The fourth-order valence-corrected chi connectivity index (χ4v) is 12.4. The van der Waals surface area contributed by atoms with Gasteiger partial charge in [-0.25, -0.2) is 27.6 Å². The third-order valence-electron chi connectivity index (χ3n) is 16.9. The zero-order chi connectivity index (χ0) is 67.2. The Hall–Kier alpha value is -8.64. The molecule has 92 heavy (non-hydrogen) atoms. The smallest absolute Gasteiger partial charge is 0.326 e. The van der Waals surface area contributed by atoms with Crippen LogP contribution in [0, 0.1) is 0 Å². The Balaban J connectivity index is 0.975. The molecule has 0 saturated heterocycles. The molecule has 0 aromatic heterocycles. The van der Waals surface area contributed by atoms with Crippen molar-refractivity contribution in [1.82, 2.24) is 26.6 Å². The van der Waals surface area contributed by atoms with Crippen LogP contribution in [0.15, 0.2) is 120 Å². The number of allylic oxidation sites excluding steroid dienone is 7. The van der Waals surface area contributed by atoms with Crippen LogP contribution in [0.1, 0.15) is 172 Å². The first-order valence-corrected chi connectivity index (χ1v) is 33.3. The predicted octanol–water partition coefficient (Wildman–Crippen LogP) is 8.87. The van der Waals surface area contributed by atoms with Gasteiger partial charge in [-0.1, -0.05) is 69.2 Å². The molecule has 2 heterocycles. The van der Waals surface area contributed by atoms with E-state index in [-0.39, 0.29) is 69.0 Å². The van der Waals surface area contributed by atoms with Crippen molar-refractivity contribution in [3.05, 3.63) is 136 Å². The molecule has 0 bridgehead atoms. The standard InChI is InChI=1S/C68H89N7O16S/c1-6-74-54-29-15-14-26-49(54)67(2,3)56(74)37-33-45-22-20-23-46(61(45)91-48-24-10-9-11-25-48)34-38-57-68(4,5)50-44-47(32-36-55(50)75(57)42-21-43-92(88,89)90)62(80)70-41-19-17-27-51(63(81)82)71-59(77)31-13-8-7-12-30-58(76)69-40-18-16-28-52(64(83)84)72-66(87)73-53(65(85)86)35-39-60(78)79/h9-11,14-15,24-26,29,32-34,36-38,44,51-53H,6-8,12-13,16-23,27-28,30-31,35,39-43H2,1-5H3,(H9-,69,70,71,72,73,76,77,78,79,80,81,82,83,84,85,86,87,88,89,90)/t51?,52-,53-/m1/s1. The number of unbranched alkanes of at least 4 members (excludes halogenated alkanes) is 5. The molecule has 6 rings (SSSR count). The molecule has 0 fully saturated rings. The molecule has 9 N–H and O–H groups in total. The summed E-state index contributed by atoms with van der Waals surface area (Å²) in [7, 11) is -4.50. The highest BCUT2D eigenvalue weighted by atomic mass is 32.2. The van der Waals surface area contributed by atoms with Gasteiger partial charge < -0.3 is 61.2 Å². The molecule has 23 nitrogen and oxygen atoms in total. The topological polar surface area (TPSA) is 350 Å². The number of fused-ring (bicyclic) bond motifs is 2. The number of urea groups is 1. The molecule has 3 aliphatic rings. The Labute approximate surface area is 538 Å². The summed E-state index contributed by atoms with van der Waals surface area (Å²) in [6, 6.07) is 18.5. The average Bonchev–Trinajstić information content (AvgIpc) is 1.60. The second-order valence-corrected chi connectivity index (χ2v) is 25.9. The molecule has 1 aliphatic carbocycles. The first-order chi connectivity index (χ1) is 43.7. The Morgan fingerprint density at radius 1 is 0.652 bits per heavy atom. The maximum absolute atomic E-state index is 13.8. The highest BCUT2D eigenvalue weighted by molar-refractivity contribution is 7.85. The zero-order valence-electron chi connectivity index (χ0n) is 53.2. The lowest BCUT2D eigenvalue weighted by Gasteiger charge is -2.26. The highest BCUT2D eigenvalue weighted by Crippen LogP contribution is 2.48. The van der Waals surface area contributed by atoms with E-state index in [9.17, 15) is 66.6 Å². The van der Waals surface area contributed by atoms with Gasteiger partial charge in [-0.05, 0) is 157 Å². The number of aliphatic carboxylic acids is 4. The van der Waals surface area contributed by atoms with Crippen molar-refractivity contribution in [3.63, 3.8) is 0 Å². The van der Waals surface area contributed by atoms with Crippen LogP contribution in [-0.2, 0) is 49.7 Å². The number of likely N-dealkylation sites (N-methyl/N-ethyl adjacent to an activating group) is 1. The lowest BCUT2D eigenvalue weighted by Crippen LogP contribution is -2.51. The quantitative estimate of drug-likeness (QED) is 0.0148. The second kappa shape index (κ2) is 34.1.